The van der Waals surface area contributed by atoms with Gasteiger partial charge < -0.3 is 4.74 Å². The molecule has 2 amide bonds. The monoisotopic (exact) mass is 275 g/mol. The molecule has 5 nitrogen and oxygen atoms in total. The summed E-state index contributed by atoms with van der Waals surface area (Å²) in [7, 11) is 1.26. The molecule has 0 aliphatic carbocycles. The van der Waals surface area contributed by atoms with E-state index in [-0.39, 0.29) is 5.92 Å². The van der Waals surface area contributed by atoms with Gasteiger partial charge in [0.15, 0.2) is 0 Å². The summed E-state index contributed by atoms with van der Waals surface area (Å²) in [5.41, 5.74) is 0.685. The van der Waals surface area contributed by atoms with Gasteiger partial charge in [-0.15, -0.1) is 0 Å². The third kappa shape index (κ3) is 2.09. The van der Waals surface area contributed by atoms with E-state index in [4.69, 9.17) is 4.74 Å². The van der Waals surface area contributed by atoms with E-state index in [1.807, 2.05) is 13.8 Å². The summed E-state index contributed by atoms with van der Waals surface area (Å²) in [5.74, 6) is -1.58. The van der Waals surface area contributed by atoms with Crippen LogP contribution in [-0.2, 0) is 9.53 Å². The number of esters is 1. The van der Waals surface area contributed by atoms with Crippen molar-refractivity contribution in [2.24, 2.45) is 5.92 Å². The number of carbonyl (C=O) groups is 3. The van der Waals surface area contributed by atoms with Gasteiger partial charge in [-0.25, -0.2) is 4.79 Å². The highest BCUT2D eigenvalue weighted by Gasteiger charge is 2.44. The van der Waals surface area contributed by atoms with Crippen LogP contribution < -0.4 is 0 Å². The number of hydrogen-bond donors (Lipinski definition) is 0. The summed E-state index contributed by atoms with van der Waals surface area (Å²) in [5, 5.41) is 0. The van der Waals surface area contributed by atoms with Crippen LogP contribution >= 0.6 is 0 Å². The summed E-state index contributed by atoms with van der Waals surface area (Å²) < 4.78 is 4.76. The maximum Gasteiger partial charge on any atom is 0.329 e. The number of ether oxygens (including phenoxy) is 1. The topological polar surface area (TPSA) is 63.7 Å². The maximum absolute atomic E-state index is 12.4. The second-order valence-corrected chi connectivity index (χ2v) is 4.88. The molecular formula is C15H17NO4. The lowest BCUT2D eigenvalue weighted by Gasteiger charge is -2.28. The van der Waals surface area contributed by atoms with E-state index >= 15 is 0 Å². The maximum atomic E-state index is 12.4. The van der Waals surface area contributed by atoms with E-state index in [1.165, 1.54) is 7.11 Å². The van der Waals surface area contributed by atoms with Crippen molar-refractivity contribution in [3.05, 3.63) is 35.4 Å². The minimum Gasteiger partial charge on any atom is -0.467 e. The predicted molar refractivity (Wildman–Crippen MR) is 72.2 cm³/mol. The summed E-state index contributed by atoms with van der Waals surface area (Å²) in [4.78, 5) is 37.8. The van der Waals surface area contributed by atoms with Crippen LogP contribution in [0.15, 0.2) is 24.3 Å². The van der Waals surface area contributed by atoms with Crippen molar-refractivity contribution in [1.29, 1.82) is 0 Å². The molecule has 1 heterocycles. The molecule has 0 spiro atoms. The van der Waals surface area contributed by atoms with E-state index < -0.39 is 23.8 Å². The van der Waals surface area contributed by atoms with Crippen LogP contribution in [-0.4, -0.2) is 35.8 Å². The summed E-state index contributed by atoms with van der Waals surface area (Å²) >= 11 is 0. The van der Waals surface area contributed by atoms with Crippen LogP contribution in [0.3, 0.4) is 0 Å². The Morgan fingerprint density at radius 1 is 1.20 bits per heavy atom. The van der Waals surface area contributed by atoms with Crippen LogP contribution in [0.4, 0.5) is 0 Å². The van der Waals surface area contributed by atoms with E-state index in [2.05, 4.69) is 0 Å². The highest BCUT2D eigenvalue weighted by atomic mass is 16.5. The van der Waals surface area contributed by atoms with Crippen molar-refractivity contribution >= 4 is 17.8 Å². The Morgan fingerprint density at radius 3 is 2.10 bits per heavy atom. The van der Waals surface area contributed by atoms with Crippen LogP contribution in [0.2, 0.25) is 0 Å². The molecule has 1 aliphatic rings. The average Bonchev–Trinajstić information content (AvgIpc) is 2.72. The molecule has 0 fully saturated rings. The Kier molecular flexibility index (Phi) is 3.88. The van der Waals surface area contributed by atoms with Gasteiger partial charge in [-0.3, -0.25) is 14.5 Å². The summed E-state index contributed by atoms with van der Waals surface area (Å²) in [6, 6.07) is 5.71. The molecule has 106 valence electrons. The molecule has 5 heteroatoms. The molecule has 0 saturated carbocycles. The minimum absolute atomic E-state index is 0.162. The first-order valence-corrected chi connectivity index (χ1v) is 6.57. The van der Waals surface area contributed by atoms with E-state index in [0.717, 1.165) is 4.90 Å². The molecule has 0 bridgehead atoms. The normalized spacial score (nSPS) is 16.9. The Labute approximate surface area is 117 Å². The predicted octanol–water partition coefficient (Wildman–Crippen LogP) is 1.87. The molecule has 1 aliphatic heterocycles. The molecule has 2 rings (SSSR count). The van der Waals surface area contributed by atoms with E-state index in [9.17, 15) is 14.4 Å². The fraction of sp³-hybridized carbons (Fsp3) is 0.400. The van der Waals surface area contributed by atoms with Crippen LogP contribution in [0, 0.1) is 5.92 Å². The number of hydrogen-bond acceptors (Lipinski definition) is 4. The van der Waals surface area contributed by atoms with E-state index in [1.54, 1.807) is 24.3 Å². The molecule has 0 N–H and O–H groups in total. The second-order valence-electron chi connectivity index (χ2n) is 4.88. The highest BCUT2D eigenvalue weighted by Crippen LogP contribution is 2.28. The van der Waals surface area contributed by atoms with Gasteiger partial charge in [-0.2, -0.15) is 0 Å². The van der Waals surface area contributed by atoms with Gasteiger partial charge in [0.1, 0.15) is 6.04 Å². The molecule has 1 aromatic carbocycles. The molecule has 0 saturated heterocycles. The smallest absolute Gasteiger partial charge is 0.329 e. The van der Waals surface area contributed by atoms with Gasteiger partial charge >= 0.3 is 5.97 Å². The highest BCUT2D eigenvalue weighted by molar-refractivity contribution is 6.22. The number of nitrogens with zero attached hydrogens (tertiary/aromatic N) is 1. The average molecular weight is 275 g/mol. The standard InChI is InChI=1S/C15H17NO4/c1-4-9(2)12(15(19)20-3)16-13(17)10-7-5-6-8-11(10)14(16)18/h5-9,12H,4H2,1-3H3/t9?,12-/m0/s1. The van der Waals surface area contributed by atoms with Crippen molar-refractivity contribution in [1.82, 2.24) is 4.90 Å². The Morgan fingerprint density at radius 2 is 1.70 bits per heavy atom. The Hall–Kier alpha value is -2.17. The van der Waals surface area contributed by atoms with Gasteiger partial charge in [-0.1, -0.05) is 32.4 Å². The third-order valence-corrected chi connectivity index (χ3v) is 3.73. The lowest BCUT2D eigenvalue weighted by atomic mass is 9.97. The molecule has 1 unspecified atom stereocenters. The van der Waals surface area contributed by atoms with Crippen molar-refractivity contribution < 1.29 is 19.1 Å². The van der Waals surface area contributed by atoms with E-state index in [0.29, 0.717) is 17.5 Å². The number of methoxy groups -OCH3 is 1. The molecule has 0 aromatic heterocycles. The number of amides is 2. The quantitative estimate of drug-likeness (QED) is 0.621. The minimum atomic E-state index is -0.877. The SMILES string of the molecule is CCC(C)[C@@H](C(=O)OC)N1C(=O)c2ccccc2C1=O. The van der Waals surface area contributed by atoms with Crippen LogP contribution in [0.1, 0.15) is 41.0 Å². The van der Waals surface area contributed by atoms with Crippen molar-refractivity contribution in [3.8, 4) is 0 Å². The third-order valence-electron chi connectivity index (χ3n) is 3.73. The molecule has 2 atom stereocenters. The molecule has 1 aromatic rings. The lowest BCUT2D eigenvalue weighted by molar-refractivity contribution is -0.147. The van der Waals surface area contributed by atoms with Crippen molar-refractivity contribution in [3.63, 3.8) is 0 Å². The largest absolute Gasteiger partial charge is 0.467 e. The van der Waals surface area contributed by atoms with Crippen LogP contribution in [0.25, 0.3) is 0 Å². The van der Waals surface area contributed by atoms with Crippen LogP contribution in [0.5, 0.6) is 0 Å². The number of carbonyl (C=O) groups excluding carboxylic acids is 3. The first-order valence-electron chi connectivity index (χ1n) is 6.57. The summed E-state index contributed by atoms with van der Waals surface area (Å²) in [6.07, 6.45) is 0.660. The zero-order valence-electron chi connectivity index (χ0n) is 11.8. The number of rotatable bonds is 4. The van der Waals surface area contributed by atoms with Crippen molar-refractivity contribution in [2.45, 2.75) is 26.3 Å². The molecular weight excluding hydrogens is 258 g/mol. The Bertz CT molecular complexity index is 532. The first-order chi connectivity index (χ1) is 9.52. The number of fused-ring (bicyclic) bond motifs is 1. The second kappa shape index (κ2) is 5.45. The fourth-order valence-corrected chi connectivity index (χ4v) is 2.40. The zero-order valence-corrected chi connectivity index (χ0v) is 11.8. The Balaban J connectivity index is 2.44. The first kappa shape index (κ1) is 14.2. The molecule has 0 radical (unpaired) electrons. The van der Waals surface area contributed by atoms with Gasteiger partial charge in [0.2, 0.25) is 0 Å². The number of benzene rings is 1. The van der Waals surface area contributed by atoms with Gasteiger partial charge in [-0.05, 0) is 18.1 Å². The lowest BCUT2D eigenvalue weighted by Crippen LogP contribution is -2.49. The fourth-order valence-electron chi connectivity index (χ4n) is 2.40. The van der Waals surface area contributed by atoms with Crippen molar-refractivity contribution in [2.75, 3.05) is 7.11 Å². The van der Waals surface area contributed by atoms with Gasteiger partial charge in [0, 0.05) is 0 Å². The molecule has 20 heavy (non-hydrogen) atoms. The van der Waals surface area contributed by atoms with Gasteiger partial charge in [0.25, 0.3) is 11.8 Å². The number of imide groups is 1. The summed E-state index contributed by atoms with van der Waals surface area (Å²) in [6.45, 7) is 3.73. The van der Waals surface area contributed by atoms with Gasteiger partial charge in [0.05, 0.1) is 18.2 Å². The zero-order chi connectivity index (χ0) is 14.9.